The molecule has 0 radical (unpaired) electrons. The number of methoxy groups -OCH3 is 1. The number of nitrogens with one attached hydrogen (secondary N) is 1. The van der Waals surface area contributed by atoms with Crippen molar-refractivity contribution in [3.8, 4) is 34.1 Å². The Balaban J connectivity index is 1.77. The fraction of sp³-hybridized carbons (Fsp3) is 0.536. The average molecular weight is 495 g/mol. The largest absolute Gasteiger partial charge is 0.497 e. The van der Waals surface area contributed by atoms with Crippen LogP contribution < -0.4 is 14.8 Å². The molecule has 8 nitrogen and oxygen atoms in total. The summed E-state index contributed by atoms with van der Waals surface area (Å²) in [7, 11) is 3.42. The summed E-state index contributed by atoms with van der Waals surface area (Å²) in [6, 6.07) is 5.63. The lowest BCUT2D eigenvalue weighted by atomic mass is 9.85. The lowest BCUT2D eigenvalue weighted by molar-refractivity contribution is 0.108. The molecule has 0 spiro atoms. The number of aliphatic hydroxyl groups is 1. The predicted octanol–water partition coefficient (Wildman–Crippen LogP) is 4.81. The number of aryl methyl sites for hydroxylation is 2. The number of ether oxygens (including phenoxy) is 2. The SMILES string of the molecule is CNCC(O)COc1cc(OC)cc(-c2nc(CC3CCCCC3)c(C)c(-c3c(C)noc3C)n2)c1. The molecule has 0 amide bonds. The number of hydrogen-bond donors (Lipinski definition) is 2. The summed E-state index contributed by atoms with van der Waals surface area (Å²) < 4.78 is 16.9. The maximum absolute atomic E-state index is 10.1. The highest BCUT2D eigenvalue weighted by atomic mass is 16.5. The van der Waals surface area contributed by atoms with Crippen molar-refractivity contribution in [1.29, 1.82) is 0 Å². The Bertz CT molecular complexity index is 1150. The number of benzene rings is 1. The maximum atomic E-state index is 10.1. The van der Waals surface area contributed by atoms with Crippen molar-refractivity contribution in [2.24, 2.45) is 5.92 Å². The van der Waals surface area contributed by atoms with Crippen LogP contribution in [0.4, 0.5) is 0 Å². The van der Waals surface area contributed by atoms with Gasteiger partial charge in [0.15, 0.2) is 5.82 Å². The van der Waals surface area contributed by atoms with E-state index in [1.54, 1.807) is 14.2 Å². The van der Waals surface area contributed by atoms with Gasteiger partial charge in [-0.15, -0.1) is 0 Å². The van der Waals surface area contributed by atoms with Gasteiger partial charge in [-0.1, -0.05) is 37.3 Å². The van der Waals surface area contributed by atoms with Crippen molar-refractivity contribution in [1.82, 2.24) is 20.4 Å². The van der Waals surface area contributed by atoms with Gasteiger partial charge in [-0.3, -0.25) is 0 Å². The molecular weight excluding hydrogens is 456 g/mol. The molecular formula is C28H38N4O4. The lowest BCUT2D eigenvalue weighted by Gasteiger charge is -2.23. The van der Waals surface area contributed by atoms with Crippen molar-refractivity contribution in [2.75, 3.05) is 27.3 Å². The average Bonchev–Trinajstić information content (AvgIpc) is 3.22. The molecule has 1 fully saturated rings. The van der Waals surface area contributed by atoms with Crippen molar-refractivity contribution in [3.05, 3.63) is 40.9 Å². The molecule has 2 aromatic heterocycles. The summed E-state index contributed by atoms with van der Waals surface area (Å²) >= 11 is 0. The van der Waals surface area contributed by atoms with Gasteiger partial charge in [0.1, 0.15) is 30.0 Å². The van der Waals surface area contributed by atoms with E-state index < -0.39 is 6.10 Å². The smallest absolute Gasteiger partial charge is 0.160 e. The summed E-state index contributed by atoms with van der Waals surface area (Å²) in [5, 5.41) is 17.2. The van der Waals surface area contributed by atoms with Crippen LogP contribution in [0.1, 0.15) is 54.8 Å². The minimum Gasteiger partial charge on any atom is -0.497 e. The molecule has 0 bridgehead atoms. The monoisotopic (exact) mass is 494 g/mol. The zero-order chi connectivity index (χ0) is 25.7. The Morgan fingerprint density at radius 2 is 1.83 bits per heavy atom. The summed E-state index contributed by atoms with van der Waals surface area (Å²) in [6.07, 6.45) is 6.69. The van der Waals surface area contributed by atoms with Crippen LogP contribution in [-0.4, -0.2) is 53.6 Å². The van der Waals surface area contributed by atoms with E-state index in [2.05, 4.69) is 17.4 Å². The Hall–Kier alpha value is -2.97. The van der Waals surface area contributed by atoms with Gasteiger partial charge >= 0.3 is 0 Å². The third-order valence-electron chi connectivity index (χ3n) is 6.98. The molecule has 1 aromatic carbocycles. The molecule has 8 heteroatoms. The molecule has 2 heterocycles. The molecule has 2 N–H and O–H groups in total. The van der Waals surface area contributed by atoms with Gasteiger partial charge in [0, 0.05) is 23.9 Å². The van der Waals surface area contributed by atoms with Crippen molar-refractivity contribution >= 4 is 0 Å². The number of hydrogen-bond acceptors (Lipinski definition) is 8. The molecule has 1 unspecified atom stereocenters. The minimum atomic E-state index is -0.617. The quantitative estimate of drug-likeness (QED) is 0.414. The second-order valence-electron chi connectivity index (χ2n) is 9.79. The van der Waals surface area contributed by atoms with Crippen LogP contribution in [-0.2, 0) is 6.42 Å². The first kappa shape index (κ1) is 26.1. The molecule has 1 aliphatic rings. The molecule has 194 valence electrons. The molecule has 4 rings (SSSR count). The second-order valence-corrected chi connectivity index (χ2v) is 9.79. The van der Waals surface area contributed by atoms with Crippen LogP contribution in [0.2, 0.25) is 0 Å². The Labute approximate surface area is 213 Å². The summed E-state index contributed by atoms with van der Waals surface area (Å²) in [4.78, 5) is 10.1. The van der Waals surface area contributed by atoms with E-state index in [1.165, 1.54) is 32.1 Å². The highest BCUT2D eigenvalue weighted by Crippen LogP contribution is 2.35. The van der Waals surface area contributed by atoms with Crippen molar-refractivity contribution < 1.29 is 19.1 Å². The lowest BCUT2D eigenvalue weighted by Crippen LogP contribution is -2.29. The van der Waals surface area contributed by atoms with Gasteiger partial charge < -0.3 is 24.4 Å². The van der Waals surface area contributed by atoms with Gasteiger partial charge in [-0.2, -0.15) is 0 Å². The van der Waals surface area contributed by atoms with Gasteiger partial charge in [0.25, 0.3) is 0 Å². The van der Waals surface area contributed by atoms with E-state index in [-0.39, 0.29) is 6.61 Å². The fourth-order valence-electron chi connectivity index (χ4n) is 5.01. The van der Waals surface area contributed by atoms with E-state index >= 15 is 0 Å². The molecule has 3 aromatic rings. The first-order chi connectivity index (χ1) is 17.4. The third kappa shape index (κ3) is 6.05. The second kappa shape index (κ2) is 11.8. The van der Waals surface area contributed by atoms with Crippen LogP contribution in [0.25, 0.3) is 22.6 Å². The fourth-order valence-corrected chi connectivity index (χ4v) is 5.01. The molecule has 1 atom stereocenters. The van der Waals surface area contributed by atoms with Gasteiger partial charge in [-0.05, 0) is 57.9 Å². The number of nitrogens with zero attached hydrogens (tertiary/aromatic N) is 3. The van der Waals surface area contributed by atoms with E-state index in [0.717, 1.165) is 46.0 Å². The van der Waals surface area contributed by atoms with Gasteiger partial charge in [-0.25, -0.2) is 9.97 Å². The molecule has 0 aliphatic heterocycles. The summed E-state index contributed by atoms with van der Waals surface area (Å²) in [5.41, 5.74) is 5.54. The number of rotatable bonds is 10. The standard InChI is InChI=1S/C28H38N4O4/c1-17-25(11-20-9-7-6-8-10-20)30-28(31-27(17)26-18(2)32-36-19(26)3)21-12-23(34-5)14-24(13-21)35-16-22(33)15-29-4/h12-14,20,22,29,33H,6-11,15-16H2,1-5H3. The van der Waals surface area contributed by atoms with Crippen LogP contribution in [0.15, 0.2) is 22.7 Å². The van der Waals surface area contributed by atoms with E-state index in [1.807, 2.05) is 32.0 Å². The summed E-state index contributed by atoms with van der Waals surface area (Å²) in [5.74, 6) is 3.23. The molecule has 1 saturated carbocycles. The van der Waals surface area contributed by atoms with E-state index in [9.17, 15) is 5.11 Å². The van der Waals surface area contributed by atoms with Crippen molar-refractivity contribution in [3.63, 3.8) is 0 Å². The molecule has 1 aliphatic carbocycles. The van der Waals surface area contributed by atoms with Crippen LogP contribution >= 0.6 is 0 Å². The Kier molecular flexibility index (Phi) is 8.59. The van der Waals surface area contributed by atoms with Crippen LogP contribution in [0, 0.1) is 26.7 Å². The number of likely N-dealkylation sites (N-methyl/N-ethyl adjacent to an activating group) is 1. The van der Waals surface area contributed by atoms with Crippen molar-refractivity contribution in [2.45, 2.75) is 65.4 Å². The van der Waals surface area contributed by atoms with Gasteiger partial charge in [0.2, 0.25) is 0 Å². The van der Waals surface area contributed by atoms with Crippen LogP contribution in [0.5, 0.6) is 11.5 Å². The third-order valence-corrected chi connectivity index (χ3v) is 6.98. The van der Waals surface area contributed by atoms with Crippen LogP contribution in [0.3, 0.4) is 0 Å². The number of aliphatic hydroxyl groups excluding tert-OH is 1. The summed E-state index contributed by atoms with van der Waals surface area (Å²) in [6.45, 7) is 6.59. The van der Waals surface area contributed by atoms with E-state index in [4.69, 9.17) is 24.0 Å². The zero-order valence-corrected chi connectivity index (χ0v) is 22.1. The first-order valence-electron chi connectivity index (χ1n) is 12.8. The van der Waals surface area contributed by atoms with Gasteiger partial charge in [0.05, 0.1) is 24.1 Å². The normalized spacial score (nSPS) is 15.2. The Morgan fingerprint density at radius 1 is 1.08 bits per heavy atom. The number of aromatic nitrogens is 3. The Morgan fingerprint density at radius 3 is 2.50 bits per heavy atom. The highest BCUT2D eigenvalue weighted by Gasteiger charge is 2.23. The minimum absolute atomic E-state index is 0.166. The first-order valence-corrected chi connectivity index (χ1v) is 12.8. The predicted molar refractivity (Wildman–Crippen MR) is 139 cm³/mol. The molecule has 0 saturated heterocycles. The zero-order valence-electron chi connectivity index (χ0n) is 22.1. The highest BCUT2D eigenvalue weighted by molar-refractivity contribution is 5.71. The maximum Gasteiger partial charge on any atom is 0.160 e. The topological polar surface area (TPSA) is 103 Å². The van der Waals surface area contributed by atoms with E-state index in [0.29, 0.717) is 29.8 Å². The molecule has 36 heavy (non-hydrogen) atoms.